The molecule has 0 atom stereocenters. The fraction of sp³-hybridized carbons (Fsp3) is 0. The van der Waals surface area contributed by atoms with Crippen molar-refractivity contribution < 1.29 is 4.79 Å². The molecule has 0 bridgehead atoms. The van der Waals surface area contributed by atoms with Crippen LogP contribution in [-0.2, 0) is 0 Å². The van der Waals surface area contributed by atoms with Gasteiger partial charge in [0.05, 0.1) is 14.9 Å². The van der Waals surface area contributed by atoms with Crippen molar-refractivity contribution in [1.82, 2.24) is 15.6 Å². The summed E-state index contributed by atoms with van der Waals surface area (Å²) in [7, 11) is 0. The predicted molar refractivity (Wildman–Crippen MR) is 98.3 cm³/mol. The third-order valence-corrected chi connectivity index (χ3v) is 4.33. The second kappa shape index (κ2) is 7.72. The minimum Gasteiger partial charge on any atom is -0.276 e. The van der Waals surface area contributed by atoms with Gasteiger partial charge in [-0.25, -0.2) is 5.43 Å². The molecule has 2 aromatic heterocycles. The van der Waals surface area contributed by atoms with Gasteiger partial charge in [-0.05, 0) is 29.8 Å². The first-order valence-electron chi connectivity index (χ1n) is 7.08. The number of aromatic amines is 1. The number of halogens is 1. The van der Waals surface area contributed by atoms with Crippen LogP contribution in [0.5, 0.6) is 0 Å². The highest BCUT2D eigenvalue weighted by Crippen LogP contribution is 2.29. The van der Waals surface area contributed by atoms with E-state index in [1.165, 1.54) is 17.6 Å². The monoisotopic (exact) mass is 356 g/mol. The maximum atomic E-state index is 12.0. The van der Waals surface area contributed by atoms with E-state index in [0.717, 1.165) is 16.1 Å². The lowest BCUT2D eigenvalue weighted by Gasteiger charge is -1.93. The molecule has 3 rings (SSSR count). The number of nitrogens with one attached hydrogen (secondary N) is 2. The van der Waals surface area contributed by atoms with Crippen molar-refractivity contribution in [3.05, 3.63) is 70.2 Å². The Morgan fingerprint density at radius 3 is 2.83 bits per heavy atom. The van der Waals surface area contributed by atoms with Crippen LogP contribution in [0.2, 0.25) is 4.34 Å². The number of thiophene rings is 1. The smallest absolute Gasteiger partial charge is 0.276 e. The molecule has 0 aliphatic heterocycles. The largest absolute Gasteiger partial charge is 0.291 e. The van der Waals surface area contributed by atoms with E-state index in [4.69, 9.17) is 11.6 Å². The lowest BCUT2D eigenvalue weighted by Crippen LogP contribution is -2.17. The molecular formula is C17H13ClN4OS. The molecule has 1 amide bonds. The molecule has 24 heavy (non-hydrogen) atoms. The van der Waals surface area contributed by atoms with E-state index in [2.05, 4.69) is 20.7 Å². The van der Waals surface area contributed by atoms with E-state index in [1.807, 2.05) is 42.5 Å². The Labute approximate surface area is 147 Å². The van der Waals surface area contributed by atoms with Gasteiger partial charge in [-0.1, -0.05) is 48.0 Å². The Hall–Kier alpha value is -2.70. The molecule has 0 saturated carbocycles. The molecule has 0 unspecified atom stereocenters. The number of aromatic nitrogens is 2. The Kier molecular flexibility index (Phi) is 5.20. The maximum absolute atomic E-state index is 12.0. The van der Waals surface area contributed by atoms with E-state index >= 15 is 0 Å². The Bertz CT molecular complexity index is 883. The highest BCUT2D eigenvalue weighted by Gasteiger charge is 2.11. The van der Waals surface area contributed by atoms with Gasteiger partial charge in [-0.3, -0.25) is 9.89 Å². The van der Waals surface area contributed by atoms with Gasteiger partial charge in [-0.2, -0.15) is 10.2 Å². The third-order valence-electron chi connectivity index (χ3n) is 3.06. The molecule has 120 valence electrons. The Morgan fingerprint density at radius 2 is 2.08 bits per heavy atom. The molecule has 0 aliphatic carbocycles. The lowest BCUT2D eigenvalue weighted by molar-refractivity contribution is 0.0950. The van der Waals surface area contributed by atoms with Crippen LogP contribution in [0.4, 0.5) is 0 Å². The number of amides is 1. The number of carbonyl (C=O) groups excluding carboxylic acids is 1. The van der Waals surface area contributed by atoms with Gasteiger partial charge in [0.15, 0.2) is 5.69 Å². The SMILES string of the molecule is O=C(NN=CC=Cc1ccccc1)c1cc(-c2ccc(Cl)s2)[nH]n1. The Balaban J connectivity index is 1.56. The van der Waals surface area contributed by atoms with Crippen molar-refractivity contribution in [3.8, 4) is 10.6 Å². The van der Waals surface area contributed by atoms with Crippen molar-refractivity contribution in [2.24, 2.45) is 5.10 Å². The molecule has 0 radical (unpaired) electrons. The van der Waals surface area contributed by atoms with Crippen molar-refractivity contribution in [2.75, 3.05) is 0 Å². The molecule has 2 N–H and O–H groups in total. The van der Waals surface area contributed by atoms with Crippen LogP contribution in [-0.4, -0.2) is 22.3 Å². The summed E-state index contributed by atoms with van der Waals surface area (Å²) in [5.74, 6) is -0.385. The second-order valence-corrected chi connectivity index (χ2v) is 6.47. The molecule has 2 heterocycles. The van der Waals surface area contributed by atoms with E-state index < -0.39 is 0 Å². The molecule has 0 spiro atoms. The summed E-state index contributed by atoms with van der Waals surface area (Å²) in [5.41, 5.74) is 4.49. The van der Waals surface area contributed by atoms with Crippen LogP contribution in [0, 0.1) is 0 Å². The summed E-state index contributed by atoms with van der Waals surface area (Å²) >= 11 is 7.31. The average molecular weight is 357 g/mol. The average Bonchev–Trinajstić information content (AvgIpc) is 3.24. The Morgan fingerprint density at radius 1 is 1.25 bits per heavy atom. The predicted octanol–water partition coefficient (Wildman–Crippen LogP) is 4.22. The van der Waals surface area contributed by atoms with Gasteiger partial charge in [0, 0.05) is 6.21 Å². The fourth-order valence-corrected chi connectivity index (χ4v) is 2.95. The number of nitrogens with zero attached hydrogens (tertiary/aromatic N) is 2. The van der Waals surface area contributed by atoms with Crippen molar-refractivity contribution >= 4 is 41.1 Å². The number of hydrogen-bond acceptors (Lipinski definition) is 4. The number of hydrogen-bond donors (Lipinski definition) is 2. The number of benzene rings is 1. The number of carbonyl (C=O) groups is 1. The first kappa shape index (κ1) is 16.2. The third kappa shape index (κ3) is 4.18. The van der Waals surface area contributed by atoms with Gasteiger partial charge in [-0.15, -0.1) is 11.3 Å². The van der Waals surface area contributed by atoms with Crippen molar-refractivity contribution in [1.29, 1.82) is 0 Å². The van der Waals surface area contributed by atoms with E-state index in [1.54, 1.807) is 18.2 Å². The first-order valence-corrected chi connectivity index (χ1v) is 8.28. The molecule has 3 aromatic rings. The van der Waals surface area contributed by atoms with Gasteiger partial charge in [0.1, 0.15) is 0 Å². The zero-order chi connectivity index (χ0) is 16.8. The highest BCUT2D eigenvalue weighted by molar-refractivity contribution is 7.19. The fourth-order valence-electron chi connectivity index (χ4n) is 1.94. The molecule has 1 aromatic carbocycles. The normalized spacial score (nSPS) is 11.4. The minimum atomic E-state index is -0.385. The molecule has 5 nitrogen and oxygen atoms in total. The van der Waals surface area contributed by atoms with Crippen LogP contribution in [0.3, 0.4) is 0 Å². The molecule has 7 heteroatoms. The van der Waals surface area contributed by atoms with E-state index in [0.29, 0.717) is 4.34 Å². The number of allylic oxidation sites excluding steroid dienone is 1. The summed E-state index contributed by atoms with van der Waals surface area (Å²) < 4.78 is 0.681. The van der Waals surface area contributed by atoms with Gasteiger partial charge in [0.2, 0.25) is 0 Å². The second-order valence-electron chi connectivity index (χ2n) is 4.76. The molecule has 0 aliphatic rings. The van der Waals surface area contributed by atoms with Crippen LogP contribution in [0.15, 0.2) is 59.7 Å². The zero-order valence-electron chi connectivity index (χ0n) is 12.4. The van der Waals surface area contributed by atoms with Crippen molar-refractivity contribution in [2.45, 2.75) is 0 Å². The quantitative estimate of drug-likeness (QED) is 0.530. The van der Waals surface area contributed by atoms with Gasteiger partial charge >= 0.3 is 0 Å². The van der Waals surface area contributed by atoms with E-state index in [9.17, 15) is 4.79 Å². The summed E-state index contributed by atoms with van der Waals surface area (Å²) in [4.78, 5) is 12.9. The highest BCUT2D eigenvalue weighted by atomic mass is 35.5. The molecule has 0 fully saturated rings. The number of rotatable bonds is 5. The van der Waals surface area contributed by atoms with Crippen LogP contribution in [0.1, 0.15) is 16.1 Å². The number of hydrazone groups is 1. The van der Waals surface area contributed by atoms with Crippen LogP contribution >= 0.6 is 22.9 Å². The number of H-pyrrole nitrogens is 1. The topological polar surface area (TPSA) is 70.1 Å². The lowest BCUT2D eigenvalue weighted by atomic mass is 10.2. The first-order chi connectivity index (χ1) is 11.7. The zero-order valence-corrected chi connectivity index (χ0v) is 14.0. The van der Waals surface area contributed by atoms with Gasteiger partial charge in [0.25, 0.3) is 5.91 Å². The summed E-state index contributed by atoms with van der Waals surface area (Å²) in [5, 5.41) is 10.7. The maximum Gasteiger partial charge on any atom is 0.291 e. The standard InChI is InChI=1S/C17H13ClN4OS/c18-16-9-8-15(24-16)13-11-14(21-20-13)17(23)22-19-10-4-7-12-5-2-1-3-6-12/h1-11H,(H,20,21)(H,22,23). The van der Waals surface area contributed by atoms with Crippen LogP contribution < -0.4 is 5.43 Å². The minimum absolute atomic E-state index is 0.263. The summed E-state index contributed by atoms with van der Waals surface area (Å²) in [6.07, 6.45) is 5.15. The molecular weight excluding hydrogens is 344 g/mol. The summed E-state index contributed by atoms with van der Waals surface area (Å²) in [6, 6.07) is 15.1. The van der Waals surface area contributed by atoms with Crippen molar-refractivity contribution in [3.63, 3.8) is 0 Å². The molecule has 0 saturated heterocycles. The van der Waals surface area contributed by atoms with Gasteiger partial charge < -0.3 is 0 Å². The van der Waals surface area contributed by atoms with E-state index in [-0.39, 0.29) is 11.6 Å². The summed E-state index contributed by atoms with van der Waals surface area (Å²) in [6.45, 7) is 0. The van der Waals surface area contributed by atoms with Crippen LogP contribution in [0.25, 0.3) is 16.6 Å².